The topological polar surface area (TPSA) is 75.7 Å². The Morgan fingerprint density at radius 2 is 1.71 bits per heavy atom. The molecule has 3 aromatic rings. The van der Waals surface area contributed by atoms with Gasteiger partial charge in [-0.3, -0.25) is 15.0 Å². The molecular formula is C21H22N4O3. The first-order valence-corrected chi connectivity index (χ1v) is 9.36. The standard InChI is InChI=1S/C21H22N4O3/c26-25(27)19-8-6-18(7-9-19)24-12-10-23(11-13-24)16-21-22-15-20(28-21)14-17-4-2-1-3-5-17/h1-9,15H,10-14,16H2. The van der Waals surface area contributed by atoms with E-state index < -0.39 is 0 Å². The summed E-state index contributed by atoms with van der Waals surface area (Å²) in [6.07, 6.45) is 2.57. The molecule has 0 atom stereocenters. The van der Waals surface area contributed by atoms with E-state index in [-0.39, 0.29) is 10.6 Å². The van der Waals surface area contributed by atoms with Crippen molar-refractivity contribution in [2.45, 2.75) is 13.0 Å². The Labute approximate surface area is 163 Å². The van der Waals surface area contributed by atoms with Crippen LogP contribution in [-0.2, 0) is 13.0 Å². The van der Waals surface area contributed by atoms with Crippen LogP contribution in [0.2, 0.25) is 0 Å². The first-order chi connectivity index (χ1) is 13.7. The van der Waals surface area contributed by atoms with Gasteiger partial charge in [-0.1, -0.05) is 30.3 Å². The number of hydrogen-bond donors (Lipinski definition) is 0. The van der Waals surface area contributed by atoms with Crippen molar-refractivity contribution >= 4 is 11.4 Å². The van der Waals surface area contributed by atoms with Gasteiger partial charge >= 0.3 is 0 Å². The molecule has 2 aromatic carbocycles. The zero-order valence-corrected chi connectivity index (χ0v) is 15.5. The van der Waals surface area contributed by atoms with Crippen LogP contribution >= 0.6 is 0 Å². The van der Waals surface area contributed by atoms with Crippen molar-refractivity contribution in [3.8, 4) is 0 Å². The van der Waals surface area contributed by atoms with Crippen LogP contribution in [-0.4, -0.2) is 41.0 Å². The van der Waals surface area contributed by atoms with E-state index in [0.717, 1.165) is 49.9 Å². The molecule has 0 saturated carbocycles. The molecule has 0 bridgehead atoms. The highest BCUT2D eigenvalue weighted by Crippen LogP contribution is 2.21. The Morgan fingerprint density at radius 3 is 2.39 bits per heavy atom. The predicted octanol–water partition coefficient (Wildman–Crippen LogP) is 3.50. The van der Waals surface area contributed by atoms with E-state index in [1.807, 2.05) is 36.5 Å². The molecule has 0 amide bonds. The Kier molecular flexibility index (Phi) is 5.34. The molecule has 0 unspecified atom stereocenters. The summed E-state index contributed by atoms with van der Waals surface area (Å²) in [6, 6.07) is 17.0. The molecule has 1 fully saturated rings. The number of nitro groups is 1. The highest BCUT2D eigenvalue weighted by molar-refractivity contribution is 5.51. The van der Waals surface area contributed by atoms with Crippen molar-refractivity contribution in [2.75, 3.05) is 31.1 Å². The number of non-ortho nitro benzene ring substituents is 1. The lowest BCUT2D eigenvalue weighted by Crippen LogP contribution is -2.46. The van der Waals surface area contributed by atoms with Gasteiger partial charge in [0.2, 0.25) is 5.89 Å². The average molecular weight is 378 g/mol. The normalized spacial score (nSPS) is 14.9. The monoisotopic (exact) mass is 378 g/mol. The summed E-state index contributed by atoms with van der Waals surface area (Å²) in [7, 11) is 0. The third-order valence-electron chi connectivity index (χ3n) is 4.98. The molecule has 2 heterocycles. The summed E-state index contributed by atoms with van der Waals surface area (Å²) < 4.78 is 5.91. The van der Waals surface area contributed by atoms with Crippen molar-refractivity contribution in [2.24, 2.45) is 0 Å². The summed E-state index contributed by atoms with van der Waals surface area (Å²) >= 11 is 0. The lowest BCUT2D eigenvalue weighted by Gasteiger charge is -2.35. The average Bonchev–Trinajstić information content (AvgIpc) is 3.16. The highest BCUT2D eigenvalue weighted by Gasteiger charge is 2.19. The summed E-state index contributed by atoms with van der Waals surface area (Å²) in [6.45, 7) is 4.23. The van der Waals surface area contributed by atoms with E-state index in [1.54, 1.807) is 12.1 Å². The van der Waals surface area contributed by atoms with E-state index in [2.05, 4.69) is 26.9 Å². The maximum atomic E-state index is 10.8. The Morgan fingerprint density at radius 1 is 1.00 bits per heavy atom. The smallest absolute Gasteiger partial charge is 0.269 e. The zero-order chi connectivity index (χ0) is 19.3. The second-order valence-electron chi connectivity index (χ2n) is 6.92. The second-order valence-corrected chi connectivity index (χ2v) is 6.92. The lowest BCUT2D eigenvalue weighted by atomic mass is 10.1. The van der Waals surface area contributed by atoms with Crippen LogP contribution in [0.4, 0.5) is 11.4 Å². The summed E-state index contributed by atoms with van der Waals surface area (Å²) in [4.78, 5) is 19.4. The number of nitro benzene ring substituents is 1. The Balaban J connectivity index is 1.29. The van der Waals surface area contributed by atoms with Crippen LogP contribution in [0.25, 0.3) is 0 Å². The van der Waals surface area contributed by atoms with Gasteiger partial charge in [0.05, 0.1) is 17.7 Å². The van der Waals surface area contributed by atoms with Gasteiger partial charge in [-0.25, -0.2) is 4.98 Å². The molecule has 28 heavy (non-hydrogen) atoms. The van der Waals surface area contributed by atoms with E-state index in [9.17, 15) is 10.1 Å². The summed E-state index contributed by atoms with van der Waals surface area (Å²) in [5, 5.41) is 10.8. The van der Waals surface area contributed by atoms with Gasteiger partial charge < -0.3 is 9.32 Å². The minimum Gasteiger partial charge on any atom is -0.444 e. The fourth-order valence-corrected chi connectivity index (χ4v) is 3.44. The van der Waals surface area contributed by atoms with Gasteiger partial charge in [-0.2, -0.15) is 0 Å². The van der Waals surface area contributed by atoms with Gasteiger partial charge in [0.25, 0.3) is 5.69 Å². The van der Waals surface area contributed by atoms with E-state index in [0.29, 0.717) is 6.54 Å². The van der Waals surface area contributed by atoms with Crippen LogP contribution in [0.5, 0.6) is 0 Å². The summed E-state index contributed by atoms with van der Waals surface area (Å²) in [5.74, 6) is 1.63. The van der Waals surface area contributed by atoms with Crippen molar-refractivity contribution in [3.05, 3.63) is 88.1 Å². The number of oxazole rings is 1. The van der Waals surface area contributed by atoms with E-state index >= 15 is 0 Å². The number of nitrogens with zero attached hydrogens (tertiary/aromatic N) is 4. The van der Waals surface area contributed by atoms with Crippen molar-refractivity contribution in [1.82, 2.24) is 9.88 Å². The SMILES string of the molecule is O=[N+]([O-])c1ccc(N2CCN(Cc3ncc(Cc4ccccc4)o3)CC2)cc1. The maximum absolute atomic E-state index is 10.8. The molecule has 0 aliphatic carbocycles. The fourth-order valence-electron chi connectivity index (χ4n) is 3.44. The third kappa shape index (κ3) is 4.37. The molecule has 1 aromatic heterocycles. The van der Waals surface area contributed by atoms with Crippen LogP contribution in [0.1, 0.15) is 17.2 Å². The van der Waals surface area contributed by atoms with Gasteiger partial charge in [0.15, 0.2) is 0 Å². The molecule has 7 nitrogen and oxygen atoms in total. The number of anilines is 1. The first-order valence-electron chi connectivity index (χ1n) is 9.36. The van der Waals surface area contributed by atoms with E-state index in [4.69, 9.17) is 4.42 Å². The van der Waals surface area contributed by atoms with Crippen molar-refractivity contribution < 1.29 is 9.34 Å². The first kappa shape index (κ1) is 18.2. The van der Waals surface area contributed by atoms with Crippen LogP contribution < -0.4 is 4.90 Å². The molecule has 7 heteroatoms. The number of aromatic nitrogens is 1. The number of rotatable bonds is 6. The zero-order valence-electron chi connectivity index (χ0n) is 15.5. The van der Waals surface area contributed by atoms with Gasteiger partial charge in [0.1, 0.15) is 5.76 Å². The Hall–Kier alpha value is -3.19. The molecular weight excluding hydrogens is 356 g/mol. The molecule has 0 N–H and O–H groups in total. The van der Waals surface area contributed by atoms with Crippen LogP contribution in [0.3, 0.4) is 0 Å². The molecule has 0 radical (unpaired) electrons. The second kappa shape index (κ2) is 8.22. The van der Waals surface area contributed by atoms with Crippen LogP contribution in [0, 0.1) is 10.1 Å². The largest absolute Gasteiger partial charge is 0.444 e. The maximum Gasteiger partial charge on any atom is 0.269 e. The Bertz CT molecular complexity index is 916. The van der Waals surface area contributed by atoms with Gasteiger partial charge in [-0.05, 0) is 17.7 Å². The third-order valence-corrected chi connectivity index (χ3v) is 4.98. The minimum absolute atomic E-state index is 0.123. The predicted molar refractivity (Wildman–Crippen MR) is 106 cm³/mol. The van der Waals surface area contributed by atoms with Crippen LogP contribution in [0.15, 0.2) is 65.2 Å². The minimum atomic E-state index is -0.371. The van der Waals surface area contributed by atoms with Gasteiger partial charge in [0, 0.05) is 50.4 Å². The molecule has 1 aliphatic rings. The molecule has 0 spiro atoms. The number of piperazine rings is 1. The van der Waals surface area contributed by atoms with Crippen molar-refractivity contribution in [1.29, 1.82) is 0 Å². The molecule has 4 rings (SSSR count). The number of hydrogen-bond acceptors (Lipinski definition) is 6. The lowest BCUT2D eigenvalue weighted by molar-refractivity contribution is -0.384. The van der Waals surface area contributed by atoms with Gasteiger partial charge in [-0.15, -0.1) is 0 Å². The fraction of sp³-hybridized carbons (Fsp3) is 0.286. The quantitative estimate of drug-likeness (QED) is 0.483. The molecule has 1 aliphatic heterocycles. The molecule has 1 saturated heterocycles. The van der Waals surface area contributed by atoms with E-state index in [1.165, 1.54) is 5.56 Å². The van der Waals surface area contributed by atoms with Crippen molar-refractivity contribution in [3.63, 3.8) is 0 Å². The molecule has 144 valence electrons. The highest BCUT2D eigenvalue weighted by atomic mass is 16.6. The summed E-state index contributed by atoms with van der Waals surface area (Å²) in [5.41, 5.74) is 2.35. The number of benzene rings is 2.